The quantitative estimate of drug-likeness (QED) is 0.614. The Kier molecular flexibility index (Phi) is 6.56. The molecule has 0 saturated carbocycles. The Morgan fingerprint density at radius 3 is 2.74 bits per heavy atom. The van der Waals surface area contributed by atoms with E-state index in [0.29, 0.717) is 12.2 Å². The molecule has 0 aliphatic rings. The van der Waals surface area contributed by atoms with Crippen molar-refractivity contribution in [2.75, 3.05) is 11.9 Å². The number of anilines is 1. The molecule has 3 N–H and O–H groups in total. The number of amides is 2. The minimum Gasteiger partial charge on any atom is -0.481 e. The van der Waals surface area contributed by atoms with Crippen LogP contribution in [-0.2, 0) is 4.79 Å². The van der Waals surface area contributed by atoms with Gasteiger partial charge in [-0.2, -0.15) is 0 Å². The van der Waals surface area contributed by atoms with Gasteiger partial charge in [0.15, 0.2) is 0 Å². The second-order valence-corrected chi connectivity index (χ2v) is 6.26. The van der Waals surface area contributed by atoms with Crippen LogP contribution in [0.25, 0.3) is 0 Å². The summed E-state index contributed by atoms with van der Waals surface area (Å²) in [6, 6.07) is 5.22. The molecule has 0 aromatic heterocycles. The van der Waals surface area contributed by atoms with E-state index in [2.05, 4.69) is 49.2 Å². The van der Waals surface area contributed by atoms with Crippen LogP contribution < -0.4 is 10.6 Å². The van der Waals surface area contributed by atoms with Crippen molar-refractivity contribution >= 4 is 56.2 Å². The Morgan fingerprint density at radius 1 is 1.47 bits per heavy atom. The Balaban J connectivity index is 2.45. The summed E-state index contributed by atoms with van der Waals surface area (Å²) in [6.45, 7) is 2.09. The smallest absolute Gasteiger partial charge is 0.319 e. The van der Waals surface area contributed by atoms with Gasteiger partial charge in [0.25, 0.3) is 0 Å². The summed E-state index contributed by atoms with van der Waals surface area (Å²) in [7, 11) is 0. The fourth-order valence-electron chi connectivity index (χ4n) is 1.39. The van der Waals surface area contributed by atoms with Gasteiger partial charge in [-0.1, -0.05) is 6.92 Å². The van der Waals surface area contributed by atoms with E-state index in [1.54, 1.807) is 13.0 Å². The first kappa shape index (κ1) is 16.2. The van der Waals surface area contributed by atoms with Crippen LogP contribution in [0.3, 0.4) is 0 Å². The summed E-state index contributed by atoms with van der Waals surface area (Å²) in [5, 5.41) is 14.0. The number of urea groups is 1. The number of halogens is 2. The fourth-order valence-corrected chi connectivity index (χ4v) is 2.79. The lowest BCUT2D eigenvalue weighted by molar-refractivity contribution is -0.137. The predicted octanol–water partition coefficient (Wildman–Crippen LogP) is 3.29. The van der Waals surface area contributed by atoms with Crippen LogP contribution in [0.2, 0.25) is 0 Å². The highest BCUT2D eigenvalue weighted by Gasteiger charge is 2.10. The van der Waals surface area contributed by atoms with E-state index in [0.717, 1.165) is 8.04 Å². The van der Waals surface area contributed by atoms with Gasteiger partial charge in [0.1, 0.15) is 0 Å². The number of carbonyl (C=O) groups is 2. The molecule has 0 bridgehead atoms. The largest absolute Gasteiger partial charge is 0.481 e. The number of carboxylic acids is 1. The molecule has 0 aliphatic heterocycles. The number of hydrogen-bond donors (Lipinski definition) is 3. The highest BCUT2D eigenvalue weighted by atomic mass is 127. The van der Waals surface area contributed by atoms with Crippen molar-refractivity contribution in [1.82, 2.24) is 5.32 Å². The zero-order chi connectivity index (χ0) is 14.4. The first-order chi connectivity index (χ1) is 8.88. The van der Waals surface area contributed by atoms with Crippen LogP contribution >= 0.6 is 38.5 Å². The molecule has 2 amide bonds. The van der Waals surface area contributed by atoms with E-state index < -0.39 is 5.97 Å². The van der Waals surface area contributed by atoms with E-state index in [4.69, 9.17) is 5.11 Å². The van der Waals surface area contributed by atoms with Crippen molar-refractivity contribution in [3.8, 4) is 0 Å². The molecule has 0 fully saturated rings. The Bertz CT molecular complexity index is 482. The Morgan fingerprint density at radius 2 is 2.16 bits per heavy atom. The van der Waals surface area contributed by atoms with Gasteiger partial charge < -0.3 is 15.7 Å². The molecule has 0 aliphatic carbocycles. The average Bonchev–Trinajstić information content (AvgIpc) is 2.29. The van der Waals surface area contributed by atoms with E-state index in [1.165, 1.54) is 0 Å². The number of aliphatic carboxylic acids is 1. The molecule has 5 nitrogen and oxygen atoms in total. The zero-order valence-corrected chi connectivity index (χ0v) is 14.0. The van der Waals surface area contributed by atoms with Gasteiger partial charge in [-0.05, 0) is 62.6 Å². The van der Waals surface area contributed by atoms with E-state index in [-0.39, 0.29) is 18.4 Å². The van der Waals surface area contributed by atoms with Crippen molar-refractivity contribution in [2.45, 2.75) is 13.3 Å². The van der Waals surface area contributed by atoms with Crippen LogP contribution in [0.15, 0.2) is 22.7 Å². The Labute approximate surface area is 133 Å². The number of hydrogen-bond acceptors (Lipinski definition) is 2. The summed E-state index contributed by atoms with van der Waals surface area (Å²) in [4.78, 5) is 22.1. The Hall–Kier alpha value is -0.830. The van der Waals surface area contributed by atoms with Crippen LogP contribution in [0.4, 0.5) is 10.5 Å². The molecule has 0 heterocycles. The molecule has 104 valence electrons. The minimum absolute atomic E-state index is 0.0352. The summed E-state index contributed by atoms with van der Waals surface area (Å²) >= 11 is 5.54. The van der Waals surface area contributed by atoms with Gasteiger partial charge in [0, 0.05) is 21.0 Å². The lowest BCUT2D eigenvalue weighted by atomic mass is 10.1. The van der Waals surface area contributed by atoms with Crippen molar-refractivity contribution in [1.29, 1.82) is 0 Å². The summed E-state index contributed by atoms with van der Waals surface area (Å²) in [5.41, 5.74) is 0.670. The van der Waals surface area contributed by atoms with Crippen molar-refractivity contribution in [3.05, 3.63) is 26.2 Å². The molecule has 0 radical (unpaired) electrons. The number of rotatable bonds is 5. The molecule has 19 heavy (non-hydrogen) atoms. The third-order valence-electron chi connectivity index (χ3n) is 2.31. The number of carboxylic acid groups (broad SMARTS) is 1. The number of nitrogens with one attached hydrogen (secondary N) is 2. The molecular weight excluding hydrogens is 427 g/mol. The van der Waals surface area contributed by atoms with Crippen molar-refractivity contribution in [3.63, 3.8) is 0 Å². The van der Waals surface area contributed by atoms with Crippen molar-refractivity contribution in [2.24, 2.45) is 5.92 Å². The maximum atomic E-state index is 11.6. The van der Waals surface area contributed by atoms with Crippen LogP contribution in [0.1, 0.15) is 13.3 Å². The van der Waals surface area contributed by atoms with Gasteiger partial charge in [0.05, 0.1) is 5.69 Å². The summed E-state index contributed by atoms with van der Waals surface area (Å²) in [5.74, 6) is -0.974. The van der Waals surface area contributed by atoms with E-state index in [9.17, 15) is 9.59 Å². The highest BCUT2D eigenvalue weighted by molar-refractivity contribution is 14.1. The molecule has 1 rings (SSSR count). The maximum absolute atomic E-state index is 11.6. The topological polar surface area (TPSA) is 78.4 Å². The second-order valence-electron chi connectivity index (χ2n) is 4.16. The number of benzene rings is 1. The van der Waals surface area contributed by atoms with Gasteiger partial charge in [0.2, 0.25) is 0 Å². The van der Waals surface area contributed by atoms with Gasteiger partial charge in [-0.15, -0.1) is 0 Å². The number of carbonyl (C=O) groups excluding carboxylic acids is 1. The SMILES string of the molecule is CC(CNC(=O)Nc1ccc(I)cc1Br)CC(=O)O. The van der Waals surface area contributed by atoms with Gasteiger partial charge in [-0.3, -0.25) is 4.79 Å². The standard InChI is InChI=1S/C12H14BrIN2O3/c1-7(4-11(17)18)6-15-12(19)16-10-3-2-8(14)5-9(10)13/h2-3,5,7H,4,6H2,1H3,(H,17,18)(H2,15,16,19). The molecule has 1 aromatic carbocycles. The minimum atomic E-state index is -0.866. The van der Waals surface area contributed by atoms with Crippen LogP contribution in [0, 0.1) is 9.49 Å². The van der Waals surface area contributed by atoms with Gasteiger partial charge >= 0.3 is 12.0 Å². The second kappa shape index (κ2) is 7.68. The fraction of sp³-hybridized carbons (Fsp3) is 0.333. The third-order valence-corrected chi connectivity index (χ3v) is 3.64. The predicted molar refractivity (Wildman–Crippen MR) is 85.3 cm³/mol. The first-order valence-corrected chi connectivity index (χ1v) is 7.47. The molecule has 7 heteroatoms. The summed E-state index contributed by atoms with van der Waals surface area (Å²) < 4.78 is 1.86. The van der Waals surface area contributed by atoms with Crippen molar-refractivity contribution < 1.29 is 14.7 Å². The molecule has 1 aromatic rings. The normalized spacial score (nSPS) is 11.7. The third kappa shape index (κ3) is 6.24. The lowest BCUT2D eigenvalue weighted by Gasteiger charge is -2.12. The highest BCUT2D eigenvalue weighted by Crippen LogP contribution is 2.24. The van der Waals surface area contributed by atoms with Crippen LogP contribution in [-0.4, -0.2) is 23.7 Å². The molecule has 1 atom stereocenters. The van der Waals surface area contributed by atoms with Gasteiger partial charge in [-0.25, -0.2) is 4.79 Å². The maximum Gasteiger partial charge on any atom is 0.319 e. The van der Waals surface area contributed by atoms with E-state index in [1.807, 2.05) is 12.1 Å². The monoisotopic (exact) mass is 440 g/mol. The lowest BCUT2D eigenvalue weighted by Crippen LogP contribution is -2.33. The average molecular weight is 441 g/mol. The molecule has 0 spiro atoms. The summed E-state index contributed by atoms with van der Waals surface area (Å²) in [6.07, 6.45) is 0.0352. The molecule has 1 unspecified atom stereocenters. The molecular formula is C12H14BrIN2O3. The van der Waals surface area contributed by atoms with Crippen LogP contribution in [0.5, 0.6) is 0 Å². The molecule has 0 saturated heterocycles. The zero-order valence-electron chi connectivity index (χ0n) is 10.2. The van der Waals surface area contributed by atoms with E-state index >= 15 is 0 Å². The first-order valence-electron chi connectivity index (χ1n) is 5.60.